The summed E-state index contributed by atoms with van der Waals surface area (Å²) in [5.74, 6) is 0.0980. The van der Waals surface area contributed by atoms with Crippen molar-refractivity contribution in [1.82, 2.24) is 4.90 Å². The maximum atomic E-state index is 11.8. The zero-order chi connectivity index (χ0) is 11.8. The largest absolute Gasteiger partial charge is 0.338 e. The van der Waals surface area contributed by atoms with E-state index in [1.165, 1.54) is 11.1 Å². The Labute approximate surface area is 100 Å². The van der Waals surface area contributed by atoms with Gasteiger partial charge in [-0.25, -0.2) is 0 Å². The Balaban J connectivity index is 1.76. The molecule has 3 rings (SSSR count). The molecule has 0 aromatic heterocycles. The predicted octanol–water partition coefficient (Wildman–Crippen LogP) is 1.35. The minimum atomic E-state index is 0.0130. The van der Waals surface area contributed by atoms with Crippen molar-refractivity contribution in [2.45, 2.75) is 31.7 Å². The van der Waals surface area contributed by atoms with Crippen molar-refractivity contribution < 1.29 is 9.59 Å². The van der Waals surface area contributed by atoms with Crippen LogP contribution in [-0.4, -0.2) is 29.2 Å². The van der Waals surface area contributed by atoms with E-state index in [9.17, 15) is 9.59 Å². The fourth-order valence-electron chi connectivity index (χ4n) is 2.87. The number of piperidine rings is 1. The van der Waals surface area contributed by atoms with Crippen LogP contribution in [0.3, 0.4) is 0 Å². The smallest absolute Gasteiger partial charge is 0.230 e. The van der Waals surface area contributed by atoms with Crippen molar-refractivity contribution in [2.24, 2.45) is 0 Å². The van der Waals surface area contributed by atoms with Gasteiger partial charge in [0.15, 0.2) is 0 Å². The number of hydrogen-bond donors (Lipinski definition) is 0. The molecule has 1 aromatic carbocycles. The van der Waals surface area contributed by atoms with E-state index in [4.69, 9.17) is 0 Å². The van der Waals surface area contributed by atoms with Crippen molar-refractivity contribution in [1.29, 1.82) is 0 Å². The van der Waals surface area contributed by atoms with Gasteiger partial charge in [0.2, 0.25) is 5.91 Å². The summed E-state index contributed by atoms with van der Waals surface area (Å²) in [6, 6.07) is 8.63. The van der Waals surface area contributed by atoms with Crippen LogP contribution in [0.1, 0.15) is 24.0 Å². The normalized spacial score (nSPS) is 20.8. The Bertz CT molecular complexity index is 456. The maximum absolute atomic E-state index is 11.8. The molecule has 0 bridgehead atoms. The molecule has 1 heterocycles. The highest BCUT2D eigenvalue weighted by molar-refractivity contribution is 6.00. The minimum absolute atomic E-state index is 0.0130. The lowest BCUT2D eigenvalue weighted by Gasteiger charge is -2.31. The number of nitrogens with zero attached hydrogens (tertiary/aromatic N) is 1. The summed E-state index contributed by atoms with van der Waals surface area (Å²) in [7, 11) is 0. The summed E-state index contributed by atoms with van der Waals surface area (Å²) in [5.41, 5.74) is 2.70. The molecule has 0 unspecified atom stereocenters. The lowest BCUT2D eigenvalue weighted by atomic mass is 10.0. The molecule has 88 valence electrons. The standard InChI is InChI=1S/C14H15NO2/c16-13-5-6-15(14(17)9-13)12-7-10-3-1-2-4-11(10)8-12/h1-4,12H,5-9H2. The third-order valence-corrected chi connectivity index (χ3v) is 3.77. The summed E-state index contributed by atoms with van der Waals surface area (Å²) >= 11 is 0. The average molecular weight is 229 g/mol. The molecule has 1 saturated heterocycles. The molecular formula is C14H15NO2. The summed E-state index contributed by atoms with van der Waals surface area (Å²) in [5, 5.41) is 0. The van der Waals surface area contributed by atoms with Gasteiger partial charge in [-0.15, -0.1) is 0 Å². The summed E-state index contributed by atoms with van der Waals surface area (Å²) < 4.78 is 0. The zero-order valence-electron chi connectivity index (χ0n) is 9.69. The van der Waals surface area contributed by atoms with Crippen LogP contribution < -0.4 is 0 Å². The molecule has 1 aromatic rings. The van der Waals surface area contributed by atoms with E-state index in [1.807, 2.05) is 17.0 Å². The first-order valence-corrected chi connectivity index (χ1v) is 6.12. The molecule has 3 nitrogen and oxygen atoms in total. The van der Waals surface area contributed by atoms with E-state index >= 15 is 0 Å². The van der Waals surface area contributed by atoms with Crippen LogP contribution in [0, 0.1) is 0 Å². The van der Waals surface area contributed by atoms with Crippen LogP contribution in [0.2, 0.25) is 0 Å². The molecule has 17 heavy (non-hydrogen) atoms. The quantitative estimate of drug-likeness (QED) is 0.682. The van der Waals surface area contributed by atoms with Crippen molar-refractivity contribution in [3.05, 3.63) is 35.4 Å². The second-order valence-corrected chi connectivity index (χ2v) is 4.88. The van der Waals surface area contributed by atoms with Gasteiger partial charge in [-0.1, -0.05) is 24.3 Å². The van der Waals surface area contributed by atoms with Crippen molar-refractivity contribution in [2.75, 3.05) is 6.54 Å². The fraction of sp³-hybridized carbons (Fsp3) is 0.429. The SMILES string of the molecule is O=C1CCN(C2Cc3ccccc3C2)C(=O)C1. The number of hydrogen-bond acceptors (Lipinski definition) is 2. The van der Waals surface area contributed by atoms with Crippen LogP contribution in [0.5, 0.6) is 0 Å². The summed E-state index contributed by atoms with van der Waals surface area (Å²) in [6.45, 7) is 0.607. The number of fused-ring (bicyclic) bond motifs is 1. The number of Topliss-reactive ketones (excluding diaryl/α,β-unsaturated/α-hetero) is 1. The van der Waals surface area contributed by atoms with Gasteiger partial charge in [-0.3, -0.25) is 9.59 Å². The molecular weight excluding hydrogens is 214 g/mol. The van der Waals surface area contributed by atoms with Crippen molar-refractivity contribution in [3.8, 4) is 0 Å². The van der Waals surface area contributed by atoms with Gasteiger partial charge in [0.1, 0.15) is 5.78 Å². The number of amides is 1. The van der Waals surface area contributed by atoms with Crippen LogP contribution in [0.15, 0.2) is 24.3 Å². The number of carbonyl (C=O) groups is 2. The van der Waals surface area contributed by atoms with Crippen molar-refractivity contribution >= 4 is 11.7 Å². The molecule has 0 atom stereocenters. The Morgan fingerprint density at radius 2 is 1.71 bits per heavy atom. The Hall–Kier alpha value is -1.64. The molecule has 0 N–H and O–H groups in total. The second-order valence-electron chi connectivity index (χ2n) is 4.88. The topological polar surface area (TPSA) is 37.4 Å². The van der Waals surface area contributed by atoms with Gasteiger partial charge in [-0.2, -0.15) is 0 Å². The number of likely N-dealkylation sites (tertiary alicyclic amines) is 1. The van der Waals surface area contributed by atoms with Crippen LogP contribution in [0.4, 0.5) is 0 Å². The van der Waals surface area contributed by atoms with Gasteiger partial charge in [0.05, 0.1) is 6.42 Å². The van der Waals surface area contributed by atoms with Gasteiger partial charge in [0.25, 0.3) is 0 Å². The Morgan fingerprint density at radius 1 is 1.06 bits per heavy atom. The molecule has 1 aliphatic heterocycles. The minimum Gasteiger partial charge on any atom is -0.338 e. The highest BCUT2D eigenvalue weighted by atomic mass is 16.2. The van der Waals surface area contributed by atoms with Crippen LogP contribution in [0.25, 0.3) is 0 Å². The van der Waals surface area contributed by atoms with Gasteiger partial charge < -0.3 is 4.90 Å². The first-order valence-electron chi connectivity index (χ1n) is 6.12. The zero-order valence-corrected chi connectivity index (χ0v) is 9.69. The van der Waals surface area contributed by atoms with E-state index in [1.54, 1.807) is 0 Å². The number of carbonyl (C=O) groups excluding carboxylic acids is 2. The van der Waals surface area contributed by atoms with E-state index in [2.05, 4.69) is 12.1 Å². The van der Waals surface area contributed by atoms with Gasteiger partial charge >= 0.3 is 0 Å². The molecule has 1 aliphatic carbocycles. The first-order chi connectivity index (χ1) is 8.24. The van der Waals surface area contributed by atoms with Gasteiger partial charge in [0, 0.05) is 19.0 Å². The third kappa shape index (κ3) is 1.86. The highest BCUT2D eigenvalue weighted by Crippen LogP contribution is 2.27. The number of rotatable bonds is 1. The summed E-state index contributed by atoms with van der Waals surface area (Å²) in [4.78, 5) is 25.0. The maximum Gasteiger partial charge on any atom is 0.230 e. The molecule has 0 saturated carbocycles. The van der Waals surface area contributed by atoms with E-state index < -0.39 is 0 Å². The summed E-state index contributed by atoms with van der Waals surface area (Å²) in [6.07, 6.45) is 2.51. The van der Waals surface area contributed by atoms with E-state index in [-0.39, 0.29) is 24.2 Å². The lowest BCUT2D eigenvalue weighted by Crippen LogP contribution is -2.46. The third-order valence-electron chi connectivity index (χ3n) is 3.77. The van der Waals surface area contributed by atoms with Gasteiger partial charge in [-0.05, 0) is 24.0 Å². The molecule has 1 fully saturated rings. The van der Waals surface area contributed by atoms with E-state index in [0.29, 0.717) is 13.0 Å². The van der Waals surface area contributed by atoms with Crippen LogP contribution in [-0.2, 0) is 22.4 Å². The number of benzene rings is 1. The molecule has 0 radical (unpaired) electrons. The first kappa shape index (κ1) is 10.5. The fourth-order valence-corrected chi connectivity index (χ4v) is 2.87. The molecule has 1 amide bonds. The van der Waals surface area contributed by atoms with Crippen LogP contribution >= 0.6 is 0 Å². The Kier molecular flexibility index (Phi) is 2.46. The second kappa shape index (κ2) is 3.99. The average Bonchev–Trinajstić information content (AvgIpc) is 2.72. The number of ketones is 1. The lowest BCUT2D eigenvalue weighted by molar-refractivity contribution is -0.141. The monoisotopic (exact) mass is 229 g/mol. The van der Waals surface area contributed by atoms with Crippen molar-refractivity contribution in [3.63, 3.8) is 0 Å². The predicted molar refractivity (Wildman–Crippen MR) is 63.6 cm³/mol. The highest BCUT2D eigenvalue weighted by Gasteiger charge is 2.33. The Morgan fingerprint density at radius 3 is 2.29 bits per heavy atom. The molecule has 0 spiro atoms. The molecule has 3 heteroatoms. The molecule has 2 aliphatic rings. The van der Waals surface area contributed by atoms with E-state index in [0.717, 1.165) is 12.8 Å².